The largest absolute Gasteiger partial charge is 0.381 e. The molecular formula is C9H16N2O2. The standard InChI is InChI=1S/C9H16N2O2/c10-3-9(12)11-2-1-7-5-13-6-8(7)4-11/h7-8H,1-6,10H2/t7-,8-/m0/s1. The summed E-state index contributed by atoms with van der Waals surface area (Å²) in [6, 6.07) is 0. The fourth-order valence-corrected chi connectivity index (χ4v) is 2.22. The summed E-state index contributed by atoms with van der Waals surface area (Å²) < 4.78 is 5.38. The van der Waals surface area contributed by atoms with Gasteiger partial charge in [0.2, 0.25) is 5.91 Å². The highest BCUT2D eigenvalue weighted by Crippen LogP contribution is 2.28. The molecule has 0 spiro atoms. The fraction of sp³-hybridized carbons (Fsp3) is 0.889. The van der Waals surface area contributed by atoms with Crippen molar-refractivity contribution in [3.05, 3.63) is 0 Å². The third kappa shape index (κ3) is 1.69. The number of hydrogen-bond donors (Lipinski definition) is 1. The van der Waals surface area contributed by atoms with Gasteiger partial charge < -0.3 is 15.4 Å². The molecule has 0 saturated carbocycles. The van der Waals surface area contributed by atoms with Gasteiger partial charge in [-0.1, -0.05) is 0 Å². The number of ether oxygens (including phenoxy) is 1. The highest BCUT2D eigenvalue weighted by Gasteiger charge is 2.34. The Morgan fingerprint density at radius 3 is 3.00 bits per heavy atom. The van der Waals surface area contributed by atoms with Crippen molar-refractivity contribution in [1.82, 2.24) is 4.90 Å². The average molecular weight is 184 g/mol. The number of nitrogens with two attached hydrogens (primary N) is 1. The van der Waals surface area contributed by atoms with E-state index < -0.39 is 0 Å². The summed E-state index contributed by atoms with van der Waals surface area (Å²) in [5.74, 6) is 1.32. The molecule has 0 aromatic rings. The number of likely N-dealkylation sites (tertiary alicyclic amines) is 1. The van der Waals surface area contributed by atoms with Gasteiger partial charge in [-0.15, -0.1) is 0 Å². The summed E-state index contributed by atoms with van der Waals surface area (Å²) in [4.78, 5) is 13.2. The van der Waals surface area contributed by atoms with Crippen molar-refractivity contribution >= 4 is 5.91 Å². The molecular weight excluding hydrogens is 168 g/mol. The number of hydrogen-bond acceptors (Lipinski definition) is 3. The molecule has 2 atom stereocenters. The molecule has 13 heavy (non-hydrogen) atoms. The van der Waals surface area contributed by atoms with Crippen LogP contribution in [0.4, 0.5) is 0 Å². The summed E-state index contributed by atoms with van der Waals surface area (Å²) in [6.45, 7) is 3.55. The molecule has 2 aliphatic heterocycles. The molecule has 2 aliphatic rings. The van der Waals surface area contributed by atoms with Crippen molar-refractivity contribution in [2.45, 2.75) is 6.42 Å². The van der Waals surface area contributed by atoms with E-state index in [4.69, 9.17) is 10.5 Å². The predicted molar refractivity (Wildman–Crippen MR) is 48.1 cm³/mol. The number of carbonyl (C=O) groups is 1. The van der Waals surface area contributed by atoms with Crippen LogP contribution in [0.15, 0.2) is 0 Å². The predicted octanol–water partition coefficient (Wildman–Crippen LogP) is -0.560. The molecule has 0 bridgehead atoms. The molecule has 4 heteroatoms. The SMILES string of the molecule is NCC(=O)N1CC[C@H]2COC[C@@H]2C1. The highest BCUT2D eigenvalue weighted by atomic mass is 16.5. The topological polar surface area (TPSA) is 55.6 Å². The van der Waals surface area contributed by atoms with Gasteiger partial charge >= 0.3 is 0 Å². The minimum Gasteiger partial charge on any atom is -0.381 e. The van der Waals surface area contributed by atoms with Crippen LogP contribution in [-0.2, 0) is 9.53 Å². The van der Waals surface area contributed by atoms with Crippen molar-refractivity contribution in [2.75, 3.05) is 32.8 Å². The summed E-state index contributed by atoms with van der Waals surface area (Å²) in [7, 11) is 0. The van der Waals surface area contributed by atoms with E-state index in [0.717, 1.165) is 32.7 Å². The number of nitrogens with zero attached hydrogens (tertiary/aromatic N) is 1. The number of carbonyl (C=O) groups excluding carboxylic acids is 1. The van der Waals surface area contributed by atoms with Gasteiger partial charge in [0.05, 0.1) is 13.2 Å². The van der Waals surface area contributed by atoms with Crippen LogP contribution in [-0.4, -0.2) is 43.7 Å². The first-order valence-corrected chi connectivity index (χ1v) is 4.87. The van der Waals surface area contributed by atoms with E-state index in [1.54, 1.807) is 0 Å². The number of fused-ring (bicyclic) bond motifs is 1. The summed E-state index contributed by atoms with van der Waals surface area (Å²) >= 11 is 0. The van der Waals surface area contributed by atoms with Crippen LogP contribution in [0.5, 0.6) is 0 Å². The Morgan fingerprint density at radius 1 is 1.46 bits per heavy atom. The monoisotopic (exact) mass is 184 g/mol. The second-order valence-corrected chi connectivity index (χ2v) is 3.89. The van der Waals surface area contributed by atoms with Crippen molar-refractivity contribution in [3.63, 3.8) is 0 Å². The third-order valence-corrected chi connectivity index (χ3v) is 3.08. The Morgan fingerprint density at radius 2 is 2.23 bits per heavy atom. The molecule has 2 heterocycles. The van der Waals surface area contributed by atoms with E-state index in [0.29, 0.717) is 11.8 Å². The minimum absolute atomic E-state index is 0.0744. The van der Waals surface area contributed by atoms with Gasteiger partial charge in [-0.3, -0.25) is 4.79 Å². The Hall–Kier alpha value is -0.610. The molecule has 2 saturated heterocycles. The van der Waals surface area contributed by atoms with Crippen LogP contribution in [0, 0.1) is 11.8 Å². The smallest absolute Gasteiger partial charge is 0.236 e. The van der Waals surface area contributed by atoms with Crippen LogP contribution >= 0.6 is 0 Å². The minimum atomic E-state index is 0.0744. The Balaban J connectivity index is 1.93. The Labute approximate surface area is 78.0 Å². The Kier molecular flexibility index (Phi) is 2.51. The van der Waals surface area contributed by atoms with Crippen LogP contribution in [0.2, 0.25) is 0 Å². The van der Waals surface area contributed by atoms with Gasteiger partial charge in [0, 0.05) is 25.6 Å². The summed E-state index contributed by atoms with van der Waals surface area (Å²) in [6.07, 6.45) is 1.08. The lowest BCUT2D eigenvalue weighted by atomic mass is 9.89. The van der Waals surface area contributed by atoms with E-state index in [9.17, 15) is 4.79 Å². The van der Waals surface area contributed by atoms with Gasteiger partial charge in [-0.05, 0) is 12.3 Å². The number of rotatable bonds is 1. The van der Waals surface area contributed by atoms with E-state index >= 15 is 0 Å². The zero-order valence-corrected chi connectivity index (χ0v) is 7.74. The van der Waals surface area contributed by atoms with Crippen LogP contribution in [0.25, 0.3) is 0 Å². The van der Waals surface area contributed by atoms with E-state index in [-0.39, 0.29) is 12.5 Å². The quantitative estimate of drug-likeness (QED) is 0.594. The highest BCUT2D eigenvalue weighted by molar-refractivity contribution is 5.78. The van der Waals surface area contributed by atoms with Gasteiger partial charge in [0.15, 0.2) is 0 Å². The maximum Gasteiger partial charge on any atom is 0.236 e. The third-order valence-electron chi connectivity index (χ3n) is 3.08. The average Bonchev–Trinajstić information content (AvgIpc) is 2.63. The number of amides is 1. The molecule has 0 aromatic heterocycles. The van der Waals surface area contributed by atoms with E-state index in [2.05, 4.69) is 0 Å². The zero-order valence-electron chi connectivity index (χ0n) is 7.74. The molecule has 2 rings (SSSR count). The maximum atomic E-state index is 11.3. The lowest BCUT2D eigenvalue weighted by Crippen LogP contribution is -2.45. The summed E-state index contributed by atoms with van der Waals surface area (Å²) in [5, 5.41) is 0. The maximum absolute atomic E-state index is 11.3. The van der Waals surface area contributed by atoms with E-state index in [1.165, 1.54) is 0 Å². The van der Waals surface area contributed by atoms with Crippen LogP contribution in [0.3, 0.4) is 0 Å². The molecule has 0 unspecified atom stereocenters. The molecule has 0 aromatic carbocycles. The molecule has 2 fully saturated rings. The molecule has 2 N–H and O–H groups in total. The fourth-order valence-electron chi connectivity index (χ4n) is 2.22. The number of piperidine rings is 1. The lowest BCUT2D eigenvalue weighted by molar-refractivity contribution is -0.131. The van der Waals surface area contributed by atoms with Crippen molar-refractivity contribution < 1.29 is 9.53 Å². The van der Waals surface area contributed by atoms with Gasteiger partial charge in [-0.2, -0.15) is 0 Å². The van der Waals surface area contributed by atoms with Crippen LogP contribution < -0.4 is 5.73 Å². The molecule has 0 radical (unpaired) electrons. The Bertz CT molecular complexity index is 208. The van der Waals surface area contributed by atoms with Gasteiger partial charge in [0.1, 0.15) is 0 Å². The van der Waals surface area contributed by atoms with Crippen molar-refractivity contribution in [3.8, 4) is 0 Å². The first kappa shape index (κ1) is 8.97. The normalized spacial score (nSPS) is 33.2. The van der Waals surface area contributed by atoms with Crippen molar-refractivity contribution in [1.29, 1.82) is 0 Å². The van der Waals surface area contributed by atoms with E-state index in [1.807, 2.05) is 4.90 Å². The molecule has 74 valence electrons. The van der Waals surface area contributed by atoms with Crippen LogP contribution in [0.1, 0.15) is 6.42 Å². The first-order chi connectivity index (χ1) is 6.31. The van der Waals surface area contributed by atoms with Gasteiger partial charge in [-0.25, -0.2) is 0 Å². The summed E-state index contributed by atoms with van der Waals surface area (Å²) in [5.41, 5.74) is 5.32. The molecule has 4 nitrogen and oxygen atoms in total. The molecule has 0 aliphatic carbocycles. The second kappa shape index (κ2) is 3.64. The second-order valence-electron chi connectivity index (χ2n) is 3.89. The molecule has 1 amide bonds. The van der Waals surface area contributed by atoms with Crippen molar-refractivity contribution in [2.24, 2.45) is 17.6 Å². The van der Waals surface area contributed by atoms with Gasteiger partial charge in [0.25, 0.3) is 0 Å². The lowest BCUT2D eigenvalue weighted by Gasteiger charge is -2.33. The zero-order chi connectivity index (χ0) is 9.26. The first-order valence-electron chi connectivity index (χ1n) is 4.87.